The van der Waals surface area contributed by atoms with Crippen LogP contribution in [0, 0.1) is 11.2 Å². The lowest BCUT2D eigenvalue weighted by molar-refractivity contribution is -0.136. The van der Waals surface area contributed by atoms with Gasteiger partial charge in [0.1, 0.15) is 11.3 Å². The van der Waals surface area contributed by atoms with Crippen molar-refractivity contribution in [1.29, 1.82) is 0 Å². The van der Waals surface area contributed by atoms with Crippen molar-refractivity contribution < 1.29 is 23.1 Å². The Morgan fingerprint density at radius 1 is 1.23 bits per heavy atom. The van der Waals surface area contributed by atoms with E-state index in [2.05, 4.69) is 9.55 Å². The highest BCUT2D eigenvalue weighted by atomic mass is 32.2. The number of aromatic nitrogens is 3. The number of anilines is 1. The van der Waals surface area contributed by atoms with E-state index in [9.17, 15) is 18.0 Å². The number of thioether (sulfide) groups is 1. The number of carbonyl (C=O) groups is 1. The van der Waals surface area contributed by atoms with Crippen molar-refractivity contribution in [3.8, 4) is 0 Å². The van der Waals surface area contributed by atoms with Gasteiger partial charge in [-0.15, -0.1) is 0 Å². The minimum atomic E-state index is -2.71. The molecule has 1 aliphatic heterocycles. The Kier molecular flexibility index (Phi) is 5.28. The van der Waals surface area contributed by atoms with E-state index in [-0.39, 0.29) is 18.5 Å². The quantitative estimate of drug-likeness (QED) is 0.342. The molecule has 3 heterocycles. The van der Waals surface area contributed by atoms with Crippen LogP contribution in [0.25, 0.3) is 11.0 Å². The summed E-state index contributed by atoms with van der Waals surface area (Å²) in [5.74, 6) is -3.91. The maximum atomic E-state index is 14.9. The van der Waals surface area contributed by atoms with Gasteiger partial charge in [-0.1, -0.05) is 23.9 Å². The summed E-state index contributed by atoms with van der Waals surface area (Å²) in [4.78, 5) is 22.0. The highest BCUT2D eigenvalue weighted by molar-refractivity contribution is 7.98. The summed E-state index contributed by atoms with van der Waals surface area (Å²) < 4.78 is 45.9. The molecule has 1 spiro atoms. The van der Waals surface area contributed by atoms with Gasteiger partial charge in [0.2, 0.25) is 0 Å². The monoisotopic (exact) mass is 502 g/mol. The van der Waals surface area contributed by atoms with E-state index in [1.807, 2.05) is 6.20 Å². The lowest BCUT2D eigenvalue weighted by atomic mass is 9.89. The van der Waals surface area contributed by atoms with Crippen LogP contribution in [0.4, 0.5) is 18.9 Å². The molecule has 0 unspecified atom stereocenters. The van der Waals surface area contributed by atoms with Gasteiger partial charge in [0.25, 0.3) is 5.92 Å². The molecular weight excluding hydrogens is 477 g/mol. The first-order valence-electron chi connectivity index (χ1n) is 11.9. The molecule has 2 aliphatic carbocycles. The molecule has 0 atom stereocenters. The lowest BCUT2D eigenvalue weighted by Crippen LogP contribution is -2.50. The van der Waals surface area contributed by atoms with Crippen LogP contribution < -0.4 is 4.90 Å². The Morgan fingerprint density at radius 2 is 2.03 bits per heavy atom. The molecule has 0 bridgehead atoms. The van der Waals surface area contributed by atoms with E-state index >= 15 is 0 Å². The minimum absolute atomic E-state index is 0.134. The summed E-state index contributed by atoms with van der Waals surface area (Å²) >= 11 is 1.35. The minimum Gasteiger partial charge on any atom is -0.481 e. The van der Waals surface area contributed by atoms with Crippen LogP contribution in [0.3, 0.4) is 0 Å². The second-order valence-electron chi connectivity index (χ2n) is 9.98. The molecule has 2 saturated carbocycles. The number of benzene rings is 1. The number of aliphatic carboxylic acids is 1. The Morgan fingerprint density at radius 3 is 2.71 bits per heavy atom. The van der Waals surface area contributed by atoms with Gasteiger partial charge in [-0.3, -0.25) is 4.79 Å². The number of carboxylic acids is 1. The average Bonchev–Trinajstić information content (AvgIpc) is 3.74. The number of rotatable bonds is 7. The SMILES string of the molecule is O=C(O)Cc1cc(CSc2ncc3c(n2)c(N2CCC4(CC4)C(F)(F)C2)cn3C2CC2)ccc1F. The molecule has 0 radical (unpaired) electrons. The van der Waals surface area contributed by atoms with Gasteiger partial charge in [-0.25, -0.2) is 23.1 Å². The fraction of sp³-hybridized carbons (Fsp3) is 0.480. The van der Waals surface area contributed by atoms with Gasteiger partial charge in [0.15, 0.2) is 5.16 Å². The zero-order chi connectivity index (χ0) is 24.4. The zero-order valence-corrected chi connectivity index (χ0v) is 19.8. The topological polar surface area (TPSA) is 71.2 Å². The van der Waals surface area contributed by atoms with Crippen LogP contribution in [0.15, 0.2) is 35.7 Å². The van der Waals surface area contributed by atoms with Gasteiger partial charge in [-0.05, 0) is 49.3 Å². The summed E-state index contributed by atoms with van der Waals surface area (Å²) in [6, 6.07) is 4.80. The number of hydrogen-bond acceptors (Lipinski definition) is 5. The molecule has 1 aromatic carbocycles. The fourth-order valence-electron chi connectivity index (χ4n) is 5.11. The van der Waals surface area contributed by atoms with Crippen LogP contribution in [-0.2, 0) is 17.0 Å². The summed E-state index contributed by atoms with van der Waals surface area (Å²) in [5, 5.41) is 9.49. The smallest absolute Gasteiger partial charge is 0.307 e. The number of fused-ring (bicyclic) bond motifs is 1. The predicted octanol–water partition coefficient (Wildman–Crippen LogP) is 5.45. The van der Waals surface area contributed by atoms with Crippen LogP contribution >= 0.6 is 11.8 Å². The van der Waals surface area contributed by atoms with Gasteiger partial charge in [-0.2, -0.15) is 0 Å². The molecule has 35 heavy (non-hydrogen) atoms. The van der Waals surface area contributed by atoms with Crippen LogP contribution in [-0.4, -0.2) is 44.6 Å². The van der Waals surface area contributed by atoms with Crippen LogP contribution in [0.2, 0.25) is 0 Å². The zero-order valence-electron chi connectivity index (χ0n) is 19.0. The molecule has 3 fully saturated rings. The summed E-state index contributed by atoms with van der Waals surface area (Å²) in [7, 11) is 0. The molecule has 184 valence electrons. The van der Waals surface area contributed by atoms with E-state index in [1.54, 1.807) is 23.2 Å². The van der Waals surface area contributed by atoms with Crippen LogP contribution in [0.5, 0.6) is 0 Å². The maximum Gasteiger partial charge on any atom is 0.307 e. The third-order valence-corrected chi connectivity index (χ3v) is 8.44. The van der Waals surface area contributed by atoms with Crippen molar-refractivity contribution in [1.82, 2.24) is 14.5 Å². The van der Waals surface area contributed by atoms with E-state index in [4.69, 9.17) is 10.1 Å². The number of alkyl halides is 2. The molecular formula is C25H25F3N4O2S. The Balaban J connectivity index is 1.27. The largest absolute Gasteiger partial charge is 0.481 e. The predicted molar refractivity (Wildman–Crippen MR) is 127 cm³/mol. The van der Waals surface area contributed by atoms with Gasteiger partial charge >= 0.3 is 5.97 Å². The Hall–Kier alpha value is -2.75. The second kappa shape index (κ2) is 8.15. The summed E-state index contributed by atoms with van der Waals surface area (Å²) in [6.45, 7) is 0.305. The Labute approximate surface area is 204 Å². The van der Waals surface area contributed by atoms with E-state index in [0.29, 0.717) is 48.3 Å². The van der Waals surface area contributed by atoms with Gasteiger partial charge in [0, 0.05) is 30.0 Å². The molecule has 10 heteroatoms. The van der Waals surface area contributed by atoms with E-state index in [1.165, 1.54) is 17.8 Å². The van der Waals surface area contributed by atoms with Gasteiger partial charge < -0.3 is 14.6 Å². The molecule has 2 aromatic heterocycles. The Bertz CT molecular complexity index is 1320. The number of piperidine rings is 1. The number of halogens is 3. The molecule has 0 amide bonds. The average molecular weight is 503 g/mol. The molecule has 1 saturated heterocycles. The maximum absolute atomic E-state index is 14.9. The van der Waals surface area contributed by atoms with Crippen molar-refractivity contribution in [3.05, 3.63) is 47.5 Å². The molecule has 1 N–H and O–H groups in total. The van der Waals surface area contributed by atoms with Crippen molar-refractivity contribution >= 4 is 34.5 Å². The summed E-state index contributed by atoms with van der Waals surface area (Å²) in [5.41, 5.74) is 2.36. The third-order valence-electron chi connectivity index (χ3n) is 7.51. The van der Waals surface area contributed by atoms with E-state index in [0.717, 1.165) is 29.6 Å². The fourth-order valence-corrected chi connectivity index (χ4v) is 5.87. The first-order valence-corrected chi connectivity index (χ1v) is 12.9. The molecule has 3 aliphatic rings. The van der Waals surface area contributed by atoms with Crippen molar-refractivity contribution in [2.45, 2.75) is 61.4 Å². The molecule has 6 rings (SSSR count). The normalized spacial score (nSPS) is 20.5. The van der Waals surface area contributed by atoms with Crippen molar-refractivity contribution in [2.24, 2.45) is 5.41 Å². The first-order chi connectivity index (χ1) is 16.7. The first kappa shape index (κ1) is 22.7. The van der Waals surface area contributed by atoms with Crippen molar-refractivity contribution in [2.75, 3.05) is 18.0 Å². The highest BCUT2D eigenvalue weighted by Gasteiger charge is 2.63. The van der Waals surface area contributed by atoms with E-state index < -0.39 is 23.1 Å². The molecule has 6 nitrogen and oxygen atoms in total. The van der Waals surface area contributed by atoms with Crippen molar-refractivity contribution in [3.63, 3.8) is 0 Å². The number of carboxylic acid groups (broad SMARTS) is 1. The summed E-state index contributed by atoms with van der Waals surface area (Å²) in [6.07, 6.45) is 7.17. The standard InChI is InChI=1S/C25H25F3N4O2S/c26-18-4-1-15(9-16(18)10-21(33)34)13-35-23-29-11-19-22(30-23)20(12-32(19)17-2-3-17)31-8-7-24(5-6-24)25(27,28)14-31/h1,4,9,11-12,17H,2-3,5-8,10,13-14H2,(H,33,34). The van der Waals surface area contributed by atoms with Crippen LogP contribution in [0.1, 0.15) is 49.3 Å². The highest BCUT2D eigenvalue weighted by Crippen LogP contribution is 2.61. The third kappa shape index (κ3) is 4.15. The lowest BCUT2D eigenvalue weighted by Gasteiger charge is -2.39. The second-order valence-corrected chi connectivity index (χ2v) is 10.9. The van der Waals surface area contributed by atoms with Gasteiger partial charge in [0.05, 0.1) is 30.4 Å². The molecule has 3 aromatic rings. The number of nitrogens with zero attached hydrogens (tertiary/aromatic N) is 4. The number of hydrogen-bond donors (Lipinski definition) is 1.